The minimum Gasteiger partial charge on any atom is -0.397 e. The van der Waals surface area contributed by atoms with Crippen LogP contribution in [0.4, 0.5) is 5.69 Å². The lowest BCUT2D eigenvalue weighted by atomic mass is 10.0. The van der Waals surface area contributed by atoms with Crippen LogP contribution < -0.4 is 5.73 Å². The largest absolute Gasteiger partial charge is 0.397 e. The van der Waals surface area contributed by atoms with Crippen molar-refractivity contribution >= 4 is 27.1 Å². The lowest BCUT2D eigenvalue weighted by Crippen LogP contribution is -1.92. The molecule has 70 valence electrons. The molecule has 0 aliphatic carbocycles. The number of fused-ring (bicyclic) bond motifs is 1. The van der Waals surface area contributed by atoms with Crippen LogP contribution in [-0.2, 0) is 6.42 Å². The molecule has 0 fully saturated rings. The zero-order valence-corrected chi connectivity index (χ0v) is 8.69. The molecule has 14 heavy (non-hydrogen) atoms. The third kappa shape index (κ3) is 1.24. The highest BCUT2D eigenvalue weighted by Gasteiger charge is 2.07. The summed E-state index contributed by atoms with van der Waals surface area (Å²) in [4.78, 5) is 0. The van der Waals surface area contributed by atoms with Gasteiger partial charge in [-0.2, -0.15) is 5.26 Å². The lowest BCUT2D eigenvalue weighted by molar-refractivity contribution is 1.28. The predicted octanol–water partition coefficient (Wildman–Crippen LogP) is 2.86. The molecule has 2 rings (SSSR count). The maximum atomic E-state index is 8.70. The molecular formula is C11H10N2S. The van der Waals surface area contributed by atoms with Crippen molar-refractivity contribution in [1.29, 1.82) is 5.26 Å². The van der Waals surface area contributed by atoms with Gasteiger partial charge in [-0.15, -0.1) is 11.3 Å². The number of nitrogens with zero attached hydrogens (tertiary/aromatic N) is 1. The molecule has 0 unspecified atom stereocenters. The second-order valence-corrected chi connectivity index (χ2v) is 4.18. The van der Waals surface area contributed by atoms with E-state index >= 15 is 0 Å². The number of thiophene rings is 1. The van der Waals surface area contributed by atoms with Gasteiger partial charge in [0.25, 0.3) is 0 Å². The summed E-state index contributed by atoms with van der Waals surface area (Å²) < 4.78 is 1.11. The van der Waals surface area contributed by atoms with Gasteiger partial charge in [0.15, 0.2) is 0 Å². The van der Waals surface area contributed by atoms with Crippen LogP contribution >= 0.6 is 11.3 Å². The van der Waals surface area contributed by atoms with E-state index in [1.54, 1.807) is 11.3 Å². The summed E-state index contributed by atoms with van der Waals surface area (Å²) in [6.07, 6.45) is 0.453. The molecule has 0 radical (unpaired) electrons. The highest BCUT2D eigenvalue weighted by atomic mass is 32.1. The Hall–Kier alpha value is -1.53. The molecule has 1 aromatic heterocycles. The first-order chi connectivity index (χ1) is 6.74. The Balaban J connectivity index is 2.79. The first-order valence-corrected chi connectivity index (χ1v) is 5.24. The first kappa shape index (κ1) is 9.04. The Morgan fingerprint density at radius 1 is 1.57 bits per heavy atom. The van der Waals surface area contributed by atoms with Gasteiger partial charge in [0.2, 0.25) is 0 Å². The minimum atomic E-state index is 0.453. The normalized spacial score (nSPS) is 10.3. The number of nitrogens with two attached hydrogens (primary N) is 1. The Bertz CT molecular complexity index is 520. The van der Waals surface area contributed by atoms with Crippen molar-refractivity contribution in [2.75, 3.05) is 5.73 Å². The van der Waals surface area contributed by atoms with E-state index in [9.17, 15) is 0 Å². The van der Waals surface area contributed by atoms with Crippen LogP contribution in [0.3, 0.4) is 0 Å². The summed E-state index contributed by atoms with van der Waals surface area (Å²) in [5, 5.41) is 11.8. The Morgan fingerprint density at radius 3 is 3.07 bits per heavy atom. The standard InChI is InChI=1S/C11H10N2S/c1-7-6-8(2-4-12)9-3-5-14-11(9)10(7)13/h3,5-6H,2,13H2,1H3. The molecule has 0 spiro atoms. The average molecular weight is 202 g/mol. The van der Waals surface area contributed by atoms with Gasteiger partial charge in [0, 0.05) is 0 Å². The second-order valence-electron chi connectivity index (χ2n) is 3.26. The van der Waals surface area contributed by atoms with Gasteiger partial charge in [-0.1, -0.05) is 6.07 Å². The summed E-state index contributed by atoms with van der Waals surface area (Å²) in [5.41, 5.74) is 8.94. The fourth-order valence-electron chi connectivity index (χ4n) is 1.60. The molecule has 1 heterocycles. The van der Waals surface area contributed by atoms with Gasteiger partial charge in [-0.05, 0) is 34.9 Å². The highest BCUT2D eigenvalue weighted by Crippen LogP contribution is 2.32. The van der Waals surface area contributed by atoms with Crippen molar-refractivity contribution < 1.29 is 0 Å². The number of nitriles is 1. The molecule has 3 heteroatoms. The van der Waals surface area contributed by atoms with Crippen LogP contribution in [-0.4, -0.2) is 0 Å². The molecule has 1 aromatic carbocycles. The van der Waals surface area contributed by atoms with Gasteiger partial charge in [-0.3, -0.25) is 0 Å². The van der Waals surface area contributed by atoms with E-state index < -0.39 is 0 Å². The minimum absolute atomic E-state index is 0.453. The topological polar surface area (TPSA) is 49.8 Å². The van der Waals surface area contributed by atoms with Crippen molar-refractivity contribution in [3.05, 3.63) is 28.6 Å². The molecular weight excluding hydrogens is 192 g/mol. The summed E-state index contributed by atoms with van der Waals surface area (Å²) in [5.74, 6) is 0. The SMILES string of the molecule is Cc1cc(CC#N)c2ccsc2c1N. The number of rotatable bonds is 1. The zero-order chi connectivity index (χ0) is 10.1. The number of hydrogen-bond acceptors (Lipinski definition) is 3. The number of benzene rings is 1. The fraction of sp³-hybridized carbons (Fsp3) is 0.182. The monoisotopic (exact) mass is 202 g/mol. The van der Waals surface area contributed by atoms with Crippen LogP contribution in [0.25, 0.3) is 10.1 Å². The summed E-state index contributed by atoms with van der Waals surface area (Å²) in [7, 11) is 0. The van der Waals surface area contributed by atoms with Crippen molar-refractivity contribution in [1.82, 2.24) is 0 Å². The number of nitrogen functional groups attached to an aromatic ring is 1. The third-order valence-corrected chi connectivity index (χ3v) is 3.29. The van der Waals surface area contributed by atoms with Crippen LogP contribution in [0.1, 0.15) is 11.1 Å². The maximum absolute atomic E-state index is 8.70. The summed E-state index contributed by atoms with van der Waals surface area (Å²) in [6, 6.07) is 6.21. The van der Waals surface area contributed by atoms with E-state index in [0.717, 1.165) is 26.9 Å². The van der Waals surface area contributed by atoms with E-state index in [1.165, 1.54) is 0 Å². The lowest BCUT2D eigenvalue weighted by Gasteiger charge is -2.05. The predicted molar refractivity (Wildman–Crippen MR) is 60.3 cm³/mol. The quantitative estimate of drug-likeness (QED) is 0.723. The maximum Gasteiger partial charge on any atom is 0.0669 e. The highest BCUT2D eigenvalue weighted by molar-refractivity contribution is 7.17. The summed E-state index contributed by atoms with van der Waals surface area (Å²) in [6.45, 7) is 1.98. The van der Waals surface area contributed by atoms with E-state index in [0.29, 0.717) is 6.42 Å². The van der Waals surface area contributed by atoms with Gasteiger partial charge < -0.3 is 5.73 Å². The van der Waals surface area contributed by atoms with Gasteiger partial charge >= 0.3 is 0 Å². The average Bonchev–Trinajstić information content (AvgIpc) is 2.63. The van der Waals surface area contributed by atoms with E-state index in [2.05, 4.69) is 6.07 Å². The molecule has 0 atom stereocenters. The molecule has 2 aromatic rings. The van der Waals surface area contributed by atoms with Crippen LogP contribution in [0, 0.1) is 18.3 Å². The van der Waals surface area contributed by atoms with Crippen molar-refractivity contribution in [3.63, 3.8) is 0 Å². The van der Waals surface area contributed by atoms with E-state index in [4.69, 9.17) is 11.0 Å². The molecule has 0 saturated heterocycles. The van der Waals surface area contributed by atoms with Crippen molar-refractivity contribution in [3.8, 4) is 6.07 Å². The Labute approximate surface area is 86.6 Å². The van der Waals surface area contributed by atoms with E-state index in [1.807, 2.05) is 24.4 Å². The third-order valence-electron chi connectivity index (χ3n) is 2.34. The van der Waals surface area contributed by atoms with Crippen LogP contribution in [0.15, 0.2) is 17.5 Å². The molecule has 0 aliphatic heterocycles. The molecule has 0 amide bonds. The first-order valence-electron chi connectivity index (χ1n) is 4.36. The number of anilines is 1. The Kier molecular flexibility index (Phi) is 2.14. The van der Waals surface area contributed by atoms with Gasteiger partial charge in [0.1, 0.15) is 0 Å². The van der Waals surface area contributed by atoms with Crippen molar-refractivity contribution in [2.45, 2.75) is 13.3 Å². The van der Waals surface area contributed by atoms with Gasteiger partial charge in [-0.25, -0.2) is 0 Å². The number of hydrogen-bond donors (Lipinski definition) is 1. The van der Waals surface area contributed by atoms with E-state index in [-0.39, 0.29) is 0 Å². The molecule has 2 N–H and O–H groups in total. The van der Waals surface area contributed by atoms with Crippen molar-refractivity contribution in [2.24, 2.45) is 0 Å². The Morgan fingerprint density at radius 2 is 2.36 bits per heavy atom. The number of aryl methyl sites for hydroxylation is 1. The zero-order valence-electron chi connectivity index (χ0n) is 7.87. The van der Waals surface area contributed by atoms with Gasteiger partial charge in [0.05, 0.1) is 22.9 Å². The van der Waals surface area contributed by atoms with Crippen LogP contribution in [0.5, 0.6) is 0 Å². The second kappa shape index (κ2) is 3.32. The molecule has 0 aliphatic rings. The molecule has 0 saturated carbocycles. The summed E-state index contributed by atoms with van der Waals surface area (Å²) >= 11 is 1.63. The smallest absolute Gasteiger partial charge is 0.0669 e. The fourth-order valence-corrected chi connectivity index (χ4v) is 2.55. The van der Waals surface area contributed by atoms with Crippen LogP contribution in [0.2, 0.25) is 0 Å². The molecule has 2 nitrogen and oxygen atoms in total. The molecule has 0 bridgehead atoms.